The Hall–Kier alpha value is -0.220. The molecule has 1 aliphatic carbocycles. The van der Waals surface area contributed by atoms with Gasteiger partial charge in [-0.15, -0.1) is 0 Å². The Labute approximate surface area is 89.6 Å². The zero-order chi connectivity index (χ0) is 10.6. The van der Waals surface area contributed by atoms with E-state index >= 15 is 0 Å². The van der Waals surface area contributed by atoms with Gasteiger partial charge in [-0.25, -0.2) is 0 Å². The van der Waals surface area contributed by atoms with Crippen molar-refractivity contribution in [2.45, 2.75) is 37.5 Å². The van der Waals surface area contributed by atoms with Gasteiger partial charge in [-0.2, -0.15) is 11.8 Å². The van der Waals surface area contributed by atoms with Crippen LogP contribution in [0, 0.1) is 5.92 Å². The molecule has 0 amide bonds. The second kappa shape index (κ2) is 5.61. The van der Waals surface area contributed by atoms with Crippen molar-refractivity contribution in [2.75, 3.05) is 12.8 Å². The Morgan fingerprint density at radius 2 is 2.36 bits per heavy atom. The molecule has 82 valence electrons. The third-order valence-corrected chi connectivity index (χ3v) is 4.03. The van der Waals surface area contributed by atoms with Crippen LogP contribution in [-0.2, 0) is 4.79 Å². The molecule has 3 unspecified atom stereocenters. The molecule has 0 aromatic rings. The fraction of sp³-hybridized carbons (Fsp3) is 0.900. The highest BCUT2D eigenvalue weighted by Gasteiger charge is 2.26. The van der Waals surface area contributed by atoms with Crippen LogP contribution in [0.2, 0.25) is 0 Å². The minimum atomic E-state index is -0.712. The second-order valence-corrected chi connectivity index (χ2v) is 5.04. The fourth-order valence-corrected chi connectivity index (χ4v) is 2.82. The van der Waals surface area contributed by atoms with Crippen molar-refractivity contribution >= 4 is 17.7 Å². The molecule has 1 aliphatic rings. The average Bonchev–Trinajstić information content (AvgIpc) is 2.60. The van der Waals surface area contributed by atoms with Gasteiger partial charge in [0.2, 0.25) is 0 Å². The first-order valence-electron chi connectivity index (χ1n) is 5.14. The molecule has 0 radical (unpaired) electrons. The molecule has 0 aromatic heterocycles. The van der Waals surface area contributed by atoms with E-state index in [0.717, 1.165) is 0 Å². The van der Waals surface area contributed by atoms with Gasteiger partial charge in [-0.05, 0) is 19.1 Å². The highest BCUT2D eigenvalue weighted by atomic mass is 32.2. The van der Waals surface area contributed by atoms with Crippen LogP contribution in [0.15, 0.2) is 0 Å². The lowest BCUT2D eigenvalue weighted by molar-refractivity contribution is -0.140. The Kier molecular flexibility index (Phi) is 4.75. The zero-order valence-electron chi connectivity index (χ0n) is 8.82. The number of thioether (sulfide) groups is 1. The van der Waals surface area contributed by atoms with Crippen molar-refractivity contribution in [3.8, 4) is 0 Å². The maximum absolute atomic E-state index is 10.6. The first kappa shape index (κ1) is 11.9. The van der Waals surface area contributed by atoms with E-state index in [0.29, 0.717) is 17.8 Å². The number of rotatable bonds is 5. The quantitative estimate of drug-likeness (QED) is 0.734. The summed E-state index contributed by atoms with van der Waals surface area (Å²) in [6, 6.07) is 0.520. The van der Waals surface area contributed by atoms with E-state index in [1.165, 1.54) is 19.3 Å². The van der Waals surface area contributed by atoms with Crippen molar-refractivity contribution in [2.24, 2.45) is 5.92 Å². The van der Waals surface area contributed by atoms with Gasteiger partial charge in [0.1, 0.15) is 0 Å². The van der Waals surface area contributed by atoms with Crippen LogP contribution in [-0.4, -0.2) is 35.2 Å². The Morgan fingerprint density at radius 3 is 2.93 bits per heavy atom. The van der Waals surface area contributed by atoms with Gasteiger partial charge in [0, 0.05) is 17.8 Å². The number of carbonyl (C=O) groups is 1. The van der Waals surface area contributed by atoms with Gasteiger partial charge < -0.3 is 10.4 Å². The number of hydrogen-bond donors (Lipinski definition) is 2. The van der Waals surface area contributed by atoms with Gasteiger partial charge >= 0.3 is 5.97 Å². The van der Waals surface area contributed by atoms with Crippen molar-refractivity contribution < 1.29 is 9.90 Å². The van der Waals surface area contributed by atoms with Gasteiger partial charge in [0.15, 0.2) is 0 Å². The molecule has 3 nitrogen and oxygen atoms in total. The second-order valence-electron chi connectivity index (χ2n) is 3.96. The Morgan fingerprint density at radius 1 is 1.64 bits per heavy atom. The fourth-order valence-electron chi connectivity index (χ4n) is 1.86. The van der Waals surface area contributed by atoms with Crippen molar-refractivity contribution in [3.05, 3.63) is 0 Å². The van der Waals surface area contributed by atoms with Crippen LogP contribution in [0.3, 0.4) is 0 Å². The zero-order valence-corrected chi connectivity index (χ0v) is 9.64. The summed E-state index contributed by atoms with van der Waals surface area (Å²) >= 11 is 1.89. The van der Waals surface area contributed by atoms with Crippen LogP contribution in [0.5, 0.6) is 0 Å². The Balaban J connectivity index is 2.26. The predicted molar refractivity (Wildman–Crippen MR) is 59.7 cm³/mol. The third kappa shape index (κ3) is 3.17. The SMILES string of the molecule is CSC1CCCC1NCC(C)C(=O)O. The smallest absolute Gasteiger partial charge is 0.307 e. The third-order valence-electron chi connectivity index (χ3n) is 2.86. The lowest BCUT2D eigenvalue weighted by Gasteiger charge is -2.20. The molecule has 0 aromatic carbocycles. The van der Waals surface area contributed by atoms with Gasteiger partial charge in [-0.1, -0.05) is 13.3 Å². The molecule has 0 bridgehead atoms. The summed E-state index contributed by atoms with van der Waals surface area (Å²) in [5, 5.41) is 12.8. The minimum Gasteiger partial charge on any atom is -0.481 e. The maximum atomic E-state index is 10.6. The summed E-state index contributed by atoms with van der Waals surface area (Å²) < 4.78 is 0. The van der Waals surface area contributed by atoms with Gasteiger partial charge in [0.25, 0.3) is 0 Å². The number of nitrogens with one attached hydrogen (secondary N) is 1. The van der Waals surface area contributed by atoms with Crippen LogP contribution in [0.1, 0.15) is 26.2 Å². The molecule has 0 spiro atoms. The highest BCUT2D eigenvalue weighted by Crippen LogP contribution is 2.28. The molecule has 0 saturated heterocycles. The maximum Gasteiger partial charge on any atom is 0.307 e. The molecule has 1 saturated carbocycles. The van der Waals surface area contributed by atoms with E-state index in [1.54, 1.807) is 6.92 Å². The molecule has 4 heteroatoms. The molecule has 14 heavy (non-hydrogen) atoms. The van der Waals surface area contributed by atoms with E-state index in [-0.39, 0.29) is 5.92 Å². The van der Waals surface area contributed by atoms with Crippen molar-refractivity contribution in [1.29, 1.82) is 0 Å². The minimum absolute atomic E-state index is 0.280. The number of carboxylic acid groups (broad SMARTS) is 1. The van der Waals surface area contributed by atoms with Crippen LogP contribution >= 0.6 is 11.8 Å². The molecule has 1 fully saturated rings. The summed E-state index contributed by atoms with van der Waals surface area (Å²) in [5.41, 5.74) is 0. The molecular weight excluding hydrogens is 198 g/mol. The van der Waals surface area contributed by atoms with Crippen LogP contribution < -0.4 is 5.32 Å². The van der Waals surface area contributed by atoms with Crippen LogP contribution in [0.4, 0.5) is 0 Å². The van der Waals surface area contributed by atoms with E-state index in [9.17, 15) is 4.79 Å². The van der Waals surface area contributed by atoms with E-state index < -0.39 is 5.97 Å². The summed E-state index contributed by atoms with van der Waals surface area (Å²) in [5.74, 6) is -0.991. The molecule has 3 atom stereocenters. The standard InChI is InChI=1S/C10H19NO2S/c1-7(10(12)13)6-11-8-4-3-5-9(8)14-2/h7-9,11H,3-6H2,1-2H3,(H,12,13). The normalized spacial score (nSPS) is 29.0. The van der Waals surface area contributed by atoms with E-state index in [4.69, 9.17) is 5.11 Å². The average molecular weight is 217 g/mol. The van der Waals surface area contributed by atoms with Crippen LogP contribution in [0.25, 0.3) is 0 Å². The first-order valence-corrected chi connectivity index (χ1v) is 6.43. The Bertz CT molecular complexity index is 199. The highest BCUT2D eigenvalue weighted by molar-refractivity contribution is 7.99. The van der Waals surface area contributed by atoms with E-state index in [1.807, 2.05) is 11.8 Å². The lowest BCUT2D eigenvalue weighted by Crippen LogP contribution is -2.38. The first-order chi connectivity index (χ1) is 6.65. The van der Waals surface area contributed by atoms with Gasteiger partial charge in [-0.3, -0.25) is 4.79 Å². The molecule has 0 heterocycles. The number of aliphatic carboxylic acids is 1. The topological polar surface area (TPSA) is 49.3 Å². The monoisotopic (exact) mass is 217 g/mol. The van der Waals surface area contributed by atoms with E-state index in [2.05, 4.69) is 11.6 Å². The largest absolute Gasteiger partial charge is 0.481 e. The van der Waals surface area contributed by atoms with Crippen molar-refractivity contribution in [3.63, 3.8) is 0 Å². The summed E-state index contributed by atoms with van der Waals surface area (Å²) in [7, 11) is 0. The lowest BCUT2D eigenvalue weighted by atomic mass is 10.1. The van der Waals surface area contributed by atoms with Crippen molar-refractivity contribution in [1.82, 2.24) is 5.32 Å². The predicted octanol–water partition coefficient (Wildman–Crippen LogP) is 1.58. The summed E-state index contributed by atoms with van der Waals surface area (Å²) in [6.45, 7) is 2.34. The van der Waals surface area contributed by atoms with Gasteiger partial charge in [0.05, 0.1) is 5.92 Å². The molecule has 1 rings (SSSR count). The number of hydrogen-bond acceptors (Lipinski definition) is 3. The summed E-state index contributed by atoms with van der Waals surface area (Å²) in [6.07, 6.45) is 5.86. The molecule has 0 aliphatic heterocycles. The number of carboxylic acids is 1. The molecular formula is C10H19NO2S. The summed E-state index contributed by atoms with van der Waals surface area (Å²) in [4.78, 5) is 10.6. The molecule has 2 N–H and O–H groups in total.